The highest BCUT2D eigenvalue weighted by Gasteiger charge is 2.18. The molecule has 0 bridgehead atoms. The summed E-state index contributed by atoms with van der Waals surface area (Å²) in [4.78, 5) is 40.2. The number of esters is 2. The Kier molecular flexibility index (Phi) is 6.79. The van der Waals surface area contributed by atoms with Gasteiger partial charge < -0.3 is 9.47 Å². The third-order valence-electron chi connectivity index (χ3n) is 3.49. The summed E-state index contributed by atoms with van der Waals surface area (Å²) < 4.78 is 9.63. The first kappa shape index (κ1) is 19.1. The molecule has 134 valence electrons. The molecule has 0 heterocycles. The second-order valence-corrected chi connectivity index (χ2v) is 5.28. The summed E-state index contributed by atoms with van der Waals surface area (Å²) in [5.41, 5.74) is 1.29. The van der Waals surface area contributed by atoms with Crippen LogP contribution in [0.4, 0.5) is 5.69 Å². The molecular weight excluding hydrogens is 334 g/mol. The van der Waals surface area contributed by atoms with Crippen molar-refractivity contribution in [3.8, 4) is 0 Å². The van der Waals surface area contributed by atoms with E-state index in [2.05, 4.69) is 4.99 Å². The van der Waals surface area contributed by atoms with Crippen molar-refractivity contribution in [1.29, 1.82) is 0 Å². The van der Waals surface area contributed by atoms with Gasteiger partial charge in [0.25, 0.3) is 0 Å². The number of ketones is 1. The van der Waals surface area contributed by atoms with Crippen LogP contribution in [0, 0.1) is 0 Å². The third kappa shape index (κ3) is 5.11. The minimum Gasteiger partial charge on any atom is -0.465 e. The fourth-order valence-corrected chi connectivity index (χ4v) is 2.20. The van der Waals surface area contributed by atoms with Gasteiger partial charge in [0.1, 0.15) is 5.71 Å². The minimum atomic E-state index is -0.677. The highest BCUT2D eigenvalue weighted by Crippen LogP contribution is 2.16. The number of hydrogen-bond donors (Lipinski definition) is 0. The van der Waals surface area contributed by atoms with Gasteiger partial charge in [-0.25, -0.2) is 14.6 Å². The van der Waals surface area contributed by atoms with Gasteiger partial charge >= 0.3 is 11.9 Å². The Morgan fingerprint density at radius 2 is 1.58 bits per heavy atom. The summed E-state index contributed by atoms with van der Waals surface area (Å²) >= 11 is 0. The van der Waals surface area contributed by atoms with Gasteiger partial charge in [-0.2, -0.15) is 0 Å². The number of rotatable bonds is 7. The van der Waals surface area contributed by atoms with E-state index in [1.54, 1.807) is 61.5 Å². The van der Waals surface area contributed by atoms with Gasteiger partial charge in [0, 0.05) is 5.56 Å². The molecule has 6 heteroatoms. The quantitative estimate of drug-likeness (QED) is 0.433. The zero-order valence-corrected chi connectivity index (χ0v) is 14.6. The van der Waals surface area contributed by atoms with E-state index in [4.69, 9.17) is 9.47 Å². The van der Waals surface area contributed by atoms with Crippen LogP contribution < -0.4 is 0 Å². The third-order valence-corrected chi connectivity index (χ3v) is 3.49. The lowest BCUT2D eigenvalue weighted by atomic mass is 10.1. The fraction of sp³-hybridized carbons (Fsp3) is 0.200. The molecule has 0 aliphatic carbocycles. The second kappa shape index (κ2) is 9.27. The number of carbonyl (C=O) groups is 3. The molecule has 2 aromatic rings. The van der Waals surface area contributed by atoms with Crippen LogP contribution in [0.2, 0.25) is 0 Å². The van der Waals surface area contributed by atoms with Crippen molar-refractivity contribution >= 4 is 29.1 Å². The molecule has 26 heavy (non-hydrogen) atoms. The summed E-state index contributed by atoms with van der Waals surface area (Å²) in [5.74, 6) is -1.35. The van der Waals surface area contributed by atoms with Gasteiger partial charge in [-0.05, 0) is 31.2 Å². The number of aliphatic imine (C=N–C) groups is 1. The Bertz CT molecular complexity index is 810. The van der Waals surface area contributed by atoms with Gasteiger partial charge in [-0.15, -0.1) is 0 Å². The molecule has 0 amide bonds. The zero-order valence-electron chi connectivity index (χ0n) is 14.6. The Labute approximate surface area is 151 Å². The van der Waals surface area contributed by atoms with Crippen LogP contribution in [-0.4, -0.2) is 37.2 Å². The van der Waals surface area contributed by atoms with E-state index in [1.807, 2.05) is 0 Å². The van der Waals surface area contributed by atoms with E-state index >= 15 is 0 Å². The van der Waals surface area contributed by atoms with Crippen LogP contribution >= 0.6 is 0 Å². The van der Waals surface area contributed by atoms with E-state index < -0.39 is 11.9 Å². The molecule has 0 atom stereocenters. The van der Waals surface area contributed by atoms with E-state index in [-0.39, 0.29) is 24.5 Å². The van der Waals surface area contributed by atoms with Crippen molar-refractivity contribution in [2.75, 3.05) is 13.7 Å². The van der Waals surface area contributed by atoms with Crippen LogP contribution in [0.1, 0.15) is 34.1 Å². The number of ether oxygens (including phenoxy) is 2. The highest BCUT2D eigenvalue weighted by atomic mass is 16.5. The van der Waals surface area contributed by atoms with Crippen molar-refractivity contribution in [1.82, 2.24) is 0 Å². The molecule has 0 aliphatic heterocycles. The van der Waals surface area contributed by atoms with E-state index in [1.165, 1.54) is 7.11 Å². The summed E-state index contributed by atoms with van der Waals surface area (Å²) in [5, 5.41) is 0. The van der Waals surface area contributed by atoms with Crippen molar-refractivity contribution in [2.45, 2.75) is 13.3 Å². The Morgan fingerprint density at radius 3 is 2.15 bits per heavy atom. The molecule has 0 N–H and O–H groups in total. The maximum atomic E-state index is 12.3. The molecule has 0 unspecified atom stereocenters. The maximum Gasteiger partial charge on any atom is 0.352 e. The fourth-order valence-electron chi connectivity index (χ4n) is 2.20. The monoisotopic (exact) mass is 353 g/mol. The smallest absolute Gasteiger partial charge is 0.352 e. The molecule has 0 spiro atoms. The van der Waals surface area contributed by atoms with Crippen molar-refractivity contribution in [2.24, 2.45) is 4.99 Å². The normalized spacial score (nSPS) is 10.9. The van der Waals surface area contributed by atoms with E-state index in [0.717, 1.165) is 0 Å². The molecule has 0 aliphatic rings. The lowest BCUT2D eigenvalue weighted by Crippen LogP contribution is -2.19. The maximum absolute atomic E-state index is 12.3. The predicted molar refractivity (Wildman–Crippen MR) is 96.9 cm³/mol. The van der Waals surface area contributed by atoms with E-state index in [0.29, 0.717) is 16.8 Å². The molecule has 2 rings (SSSR count). The Hall–Kier alpha value is -3.28. The molecule has 0 saturated carbocycles. The lowest BCUT2D eigenvalue weighted by Gasteiger charge is -2.06. The number of hydrogen-bond acceptors (Lipinski definition) is 6. The molecule has 0 radical (unpaired) electrons. The number of benzene rings is 2. The first-order valence-electron chi connectivity index (χ1n) is 8.06. The molecular formula is C20H19NO5. The molecule has 6 nitrogen and oxygen atoms in total. The van der Waals surface area contributed by atoms with Gasteiger partial charge in [0.05, 0.1) is 31.4 Å². The van der Waals surface area contributed by atoms with Crippen LogP contribution in [0.5, 0.6) is 0 Å². The standard InChI is InChI=1S/C20H19NO5/c1-3-26-19(23)15-9-11-16(12-10-15)21-17(20(24)25-2)13-18(22)14-7-5-4-6-8-14/h4-12H,3,13H2,1-2H3. The first-order chi connectivity index (χ1) is 12.5. The minimum absolute atomic E-state index is 0.00904. The molecule has 0 saturated heterocycles. The average Bonchev–Trinajstić information content (AvgIpc) is 2.68. The number of nitrogens with zero attached hydrogens (tertiary/aromatic N) is 1. The van der Waals surface area contributed by atoms with Gasteiger partial charge in [-0.3, -0.25) is 4.79 Å². The molecule has 0 fully saturated rings. The SMILES string of the molecule is CCOC(=O)c1ccc(N=C(CC(=O)c2ccccc2)C(=O)OC)cc1. The van der Waals surface area contributed by atoms with Crippen LogP contribution in [0.3, 0.4) is 0 Å². The van der Waals surface area contributed by atoms with Gasteiger partial charge in [0.15, 0.2) is 5.78 Å². The summed E-state index contributed by atoms with van der Waals surface area (Å²) in [6.45, 7) is 2.01. The largest absolute Gasteiger partial charge is 0.465 e. The molecule has 0 aromatic heterocycles. The topological polar surface area (TPSA) is 82.0 Å². The lowest BCUT2D eigenvalue weighted by molar-refractivity contribution is -0.132. The van der Waals surface area contributed by atoms with Gasteiger partial charge in [-0.1, -0.05) is 30.3 Å². The number of carbonyl (C=O) groups excluding carboxylic acids is 3. The van der Waals surface area contributed by atoms with Crippen molar-refractivity contribution in [3.05, 3.63) is 65.7 Å². The van der Waals surface area contributed by atoms with Crippen molar-refractivity contribution < 1.29 is 23.9 Å². The summed E-state index contributed by atoms with van der Waals surface area (Å²) in [6, 6.07) is 14.9. The predicted octanol–water partition coefficient (Wildman–Crippen LogP) is 3.38. The van der Waals surface area contributed by atoms with Crippen LogP contribution in [-0.2, 0) is 14.3 Å². The van der Waals surface area contributed by atoms with Crippen LogP contribution in [0.25, 0.3) is 0 Å². The average molecular weight is 353 g/mol. The second-order valence-electron chi connectivity index (χ2n) is 5.28. The summed E-state index contributed by atoms with van der Waals surface area (Å²) in [7, 11) is 1.23. The van der Waals surface area contributed by atoms with E-state index in [9.17, 15) is 14.4 Å². The van der Waals surface area contributed by atoms with Gasteiger partial charge in [0.2, 0.25) is 0 Å². The first-order valence-corrected chi connectivity index (χ1v) is 8.06. The van der Waals surface area contributed by atoms with Crippen molar-refractivity contribution in [3.63, 3.8) is 0 Å². The zero-order chi connectivity index (χ0) is 18.9. The molecule has 2 aromatic carbocycles. The Morgan fingerprint density at radius 1 is 0.923 bits per heavy atom. The van der Waals surface area contributed by atoms with Crippen LogP contribution in [0.15, 0.2) is 59.6 Å². The summed E-state index contributed by atoms with van der Waals surface area (Å²) in [6.07, 6.45) is -0.184. The number of methoxy groups -OCH3 is 1. The number of Topliss-reactive ketones (excluding diaryl/α,β-unsaturated/α-hetero) is 1. The highest BCUT2D eigenvalue weighted by molar-refractivity contribution is 6.41. The Balaban J connectivity index is 2.22.